The summed E-state index contributed by atoms with van der Waals surface area (Å²) in [5, 5.41) is 2.59. The number of nitrogens with one attached hydrogen (secondary N) is 1. The molecule has 3 atom stereocenters. The van der Waals surface area contributed by atoms with Gasteiger partial charge in [0.1, 0.15) is 5.82 Å². The Labute approximate surface area is 188 Å². The van der Waals surface area contributed by atoms with E-state index in [1.807, 2.05) is 0 Å². The Morgan fingerprint density at radius 3 is 2.28 bits per heavy atom. The number of benzene rings is 2. The fourth-order valence-corrected chi connectivity index (χ4v) is 3.38. The molecule has 0 aliphatic rings. The minimum Gasteiger partial charge on any atom is -0.466 e. The lowest BCUT2D eigenvalue weighted by Crippen LogP contribution is -2.34. The maximum absolute atomic E-state index is 14.4. The zero-order valence-corrected chi connectivity index (χ0v) is 18.6. The van der Waals surface area contributed by atoms with Crippen LogP contribution in [0.3, 0.4) is 0 Å². The van der Waals surface area contributed by atoms with Gasteiger partial charge in [-0.1, -0.05) is 43.6 Å². The van der Waals surface area contributed by atoms with E-state index < -0.39 is 41.6 Å². The maximum atomic E-state index is 14.4. The molecule has 4 nitrogen and oxygen atoms in total. The van der Waals surface area contributed by atoms with Gasteiger partial charge in [0, 0.05) is 5.02 Å². The van der Waals surface area contributed by atoms with Crippen LogP contribution in [-0.4, -0.2) is 24.7 Å². The Bertz CT molecular complexity index is 947. The van der Waals surface area contributed by atoms with Crippen molar-refractivity contribution >= 4 is 29.2 Å². The molecule has 1 amide bonds. The van der Waals surface area contributed by atoms with Crippen LogP contribution >= 0.6 is 11.6 Å². The monoisotopic (exact) mass is 473 g/mol. The SMILES string of the molecule is CCOC(=O)C(C)Cc1ccc(F)c(NC(=O)C(c2ccc(Cl)cc2)C(C)C(F)(F)F)c1. The molecule has 1 N–H and O–H groups in total. The summed E-state index contributed by atoms with van der Waals surface area (Å²) in [6.07, 6.45) is -4.45. The molecule has 9 heteroatoms. The van der Waals surface area contributed by atoms with Crippen molar-refractivity contribution in [1.29, 1.82) is 0 Å². The third-order valence-corrected chi connectivity index (χ3v) is 5.30. The molecule has 2 aromatic rings. The van der Waals surface area contributed by atoms with Gasteiger partial charge in [-0.2, -0.15) is 13.2 Å². The predicted molar refractivity (Wildman–Crippen MR) is 114 cm³/mol. The number of alkyl halides is 3. The Morgan fingerprint density at radius 1 is 1.09 bits per heavy atom. The lowest BCUT2D eigenvalue weighted by molar-refractivity contribution is -0.178. The molecule has 0 saturated carbocycles. The molecule has 2 aromatic carbocycles. The largest absolute Gasteiger partial charge is 0.466 e. The molecule has 0 radical (unpaired) electrons. The van der Waals surface area contributed by atoms with E-state index in [1.54, 1.807) is 13.8 Å². The Hall–Kier alpha value is -2.61. The van der Waals surface area contributed by atoms with Gasteiger partial charge in [0.15, 0.2) is 0 Å². The number of halogens is 5. The molecule has 174 valence electrons. The van der Waals surface area contributed by atoms with Crippen molar-refractivity contribution in [1.82, 2.24) is 0 Å². The summed E-state index contributed by atoms with van der Waals surface area (Å²) in [6, 6.07) is 9.28. The number of ether oxygens (including phenoxy) is 1. The smallest absolute Gasteiger partial charge is 0.392 e. The van der Waals surface area contributed by atoms with Crippen LogP contribution in [0.25, 0.3) is 0 Å². The van der Waals surface area contributed by atoms with E-state index in [4.69, 9.17) is 16.3 Å². The quantitative estimate of drug-likeness (QED) is 0.370. The lowest BCUT2D eigenvalue weighted by Gasteiger charge is -2.26. The first-order chi connectivity index (χ1) is 14.9. The molecular formula is C23H24ClF4NO3. The summed E-state index contributed by atoms with van der Waals surface area (Å²) in [5.74, 6) is -6.40. The highest BCUT2D eigenvalue weighted by atomic mass is 35.5. The van der Waals surface area contributed by atoms with Crippen LogP contribution < -0.4 is 5.32 Å². The number of amides is 1. The van der Waals surface area contributed by atoms with Crippen molar-refractivity contribution in [3.8, 4) is 0 Å². The van der Waals surface area contributed by atoms with Crippen molar-refractivity contribution in [2.75, 3.05) is 11.9 Å². The second kappa shape index (κ2) is 10.8. The first kappa shape index (κ1) is 25.6. The molecule has 0 bridgehead atoms. The molecule has 0 aliphatic carbocycles. The molecule has 0 fully saturated rings. The topological polar surface area (TPSA) is 55.4 Å². The number of hydrogen-bond acceptors (Lipinski definition) is 3. The van der Waals surface area contributed by atoms with Crippen LogP contribution in [0.4, 0.5) is 23.2 Å². The highest BCUT2D eigenvalue weighted by Gasteiger charge is 2.45. The second-order valence-corrected chi connectivity index (χ2v) is 7.96. The second-order valence-electron chi connectivity index (χ2n) is 7.52. The van der Waals surface area contributed by atoms with Gasteiger partial charge in [0.25, 0.3) is 0 Å². The molecular weight excluding hydrogens is 450 g/mol. The fraction of sp³-hybridized carbons (Fsp3) is 0.391. The van der Waals surface area contributed by atoms with Crippen molar-refractivity contribution < 1.29 is 31.9 Å². The predicted octanol–water partition coefficient (Wildman–Crippen LogP) is 6.14. The van der Waals surface area contributed by atoms with E-state index in [0.717, 1.165) is 13.0 Å². The third kappa shape index (κ3) is 6.69. The Balaban J connectivity index is 2.30. The van der Waals surface area contributed by atoms with Crippen LogP contribution in [-0.2, 0) is 20.7 Å². The fourth-order valence-electron chi connectivity index (χ4n) is 3.25. The first-order valence-electron chi connectivity index (χ1n) is 10.0. The van der Waals surface area contributed by atoms with Crippen molar-refractivity contribution in [3.05, 3.63) is 64.4 Å². The average Bonchev–Trinajstić information content (AvgIpc) is 2.71. The minimum absolute atomic E-state index is 0.101. The summed E-state index contributed by atoms with van der Waals surface area (Å²) in [6.45, 7) is 4.43. The Morgan fingerprint density at radius 2 is 1.72 bits per heavy atom. The summed E-state index contributed by atoms with van der Waals surface area (Å²) >= 11 is 5.81. The Kier molecular flexibility index (Phi) is 8.66. The zero-order valence-electron chi connectivity index (χ0n) is 17.8. The number of anilines is 1. The van der Waals surface area contributed by atoms with Crippen molar-refractivity contribution in [2.45, 2.75) is 39.3 Å². The van der Waals surface area contributed by atoms with E-state index >= 15 is 0 Å². The van der Waals surface area contributed by atoms with Gasteiger partial charge in [-0.05, 0) is 48.7 Å². The van der Waals surface area contributed by atoms with E-state index in [1.165, 1.54) is 36.4 Å². The maximum Gasteiger partial charge on any atom is 0.392 e. The average molecular weight is 474 g/mol. The lowest BCUT2D eigenvalue weighted by atomic mass is 9.85. The molecule has 0 aliphatic heterocycles. The van der Waals surface area contributed by atoms with E-state index in [2.05, 4.69) is 5.32 Å². The molecule has 0 spiro atoms. The van der Waals surface area contributed by atoms with Crippen molar-refractivity contribution in [3.63, 3.8) is 0 Å². The van der Waals surface area contributed by atoms with Crippen LogP contribution in [0.2, 0.25) is 5.02 Å². The molecule has 2 rings (SSSR count). The van der Waals surface area contributed by atoms with Crippen LogP contribution in [0.15, 0.2) is 42.5 Å². The molecule has 32 heavy (non-hydrogen) atoms. The summed E-state index contributed by atoms with van der Waals surface area (Å²) in [7, 11) is 0. The van der Waals surface area contributed by atoms with E-state index in [0.29, 0.717) is 10.6 Å². The number of esters is 1. The zero-order chi connectivity index (χ0) is 24.1. The number of carbonyl (C=O) groups is 2. The summed E-state index contributed by atoms with van der Waals surface area (Å²) in [5.41, 5.74) is 0.357. The molecule has 0 saturated heterocycles. The van der Waals surface area contributed by atoms with Gasteiger partial charge < -0.3 is 10.1 Å². The van der Waals surface area contributed by atoms with E-state index in [9.17, 15) is 27.2 Å². The van der Waals surface area contributed by atoms with Gasteiger partial charge in [0.2, 0.25) is 5.91 Å². The van der Waals surface area contributed by atoms with Gasteiger partial charge in [-0.3, -0.25) is 9.59 Å². The van der Waals surface area contributed by atoms with E-state index in [-0.39, 0.29) is 24.3 Å². The number of hydrogen-bond donors (Lipinski definition) is 1. The van der Waals surface area contributed by atoms with Gasteiger partial charge in [-0.25, -0.2) is 4.39 Å². The van der Waals surface area contributed by atoms with Gasteiger partial charge in [-0.15, -0.1) is 0 Å². The highest BCUT2D eigenvalue weighted by molar-refractivity contribution is 6.30. The highest BCUT2D eigenvalue weighted by Crippen LogP contribution is 2.38. The van der Waals surface area contributed by atoms with Gasteiger partial charge >= 0.3 is 12.1 Å². The van der Waals surface area contributed by atoms with Crippen molar-refractivity contribution in [2.24, 2.45) is 11.8 Å². The molecule has 0 heterocycles. The number of carbonyl (C=O) groups excluding carboxylic acids is 2. The van der Waals surface area contributed by atoms with Crippen LogP contribution in [0, 0.1) is 17.7 Å². The standard InChI is InChI=1S/C23H24ClF4NO3/c1-4-32-22(31)13(2)11-15-5-10-18(25)19(12-15)29-21(30)20(14(3)23(26,27)28)16-6-8-17(24)9-7-16/h5-10,12-14,20H,4,11H2,1-3H3,(H,29,30). The summed E-state index contributed by atoms with van der Waals surface area (Å²) < 4.78 is 59.7. The van der Waals surface area contributed by atoms with Crippen LogP contribution in [0.5, 0.6) is 0 Å². The first-order valence-corrected chi connectivity index (χ1v) is 10.4. The molecule has 0 aromatic heterocycles. The number of rotatable bonds is 8. The molecule has 3 unspecified atom stereocenters. The summed E-state index contributed by atoms with van der Waals surface area (Å²) in [4.78, 5) is 24.7. The van der Waals surface area contributed by atoms with Crippen LogP contribution in [0.1, 0.15) is 37.8 Å². The van der Waals surface area contributed by atoms with Gasteiger partial charge in [0.05, 0.1) is 30.0 Å². The normalized spacial score (nSPS) is 14.4. The minimum atomic E-state index is -4.66. The third-order valence-electron chi connectivity index (χ3n) is 5.05.